The highest BCUT2D eigenvalue weighted by molar-refractivity contribution is 4.57. The van der Waals surface area contributed by atoms with Crippen LogP contribution in [0.5, 0.6) is 0 Å². The van der Waals surface area contributed by atoms with Gasteiger partial charge in [0.2, 0.25) is 0 Å². The van der Waals surface area contributed by atoms with Crippen LogP contribution in [0.3, 0.4) is 0 Å². The molecule has 0 aliphatic heterocycles. The number of hydrogen-bond acceptors (Lipinski definition) is 4. The standard InChI is InChI=1S/C9H21NO3/c1-2-13-8-9(12)7-10-5-3-4-6-11/h9-12H,2-8H2,1H3. The van der Waals surface area contributed by atoms with Crippen LogP contribution in [-0.4, -0.2) is 49.2 Å². The summed E-state index contributed by atoms with van der Waals surface area (Å²) in [5.41, 5.74) is 0. The van der Waals surface area contributed by atoms with Crippen LogP contribution in [-0.2, 0) is 4.74 Å². The third kappa shape index (κ3) is 9.76. The molecule has 0 fully saturated rings. The summed E-state index contributed by atoms with van der Waals surface area (Å²) in [6.07, 6.45) is 1.33. The van der Waals surface area contributed by atoms with Gasteiger partial charge in [-0.15, -0.1) is 0 Å². The zero-order valence-electron chi connectivity index (χ0n) is 8.33. The minimum Gasteiger partial charge on any atom is -0.396 e. The topological polar surface area (TPSA) is 61.7 Å². The number of nitrogens with one attached hydrogen (secondary N) is 1. The Bertz CT molecular complexity index is 101. The second-order valence-electron chi connectivity index (χ2n) is 2.95. The van der Waals surface area contributed by atoms with Crippen molar-refractivity contribution in [2.75, 3.05) is 32.9 Å². The van der Waals surface area contributed by atoms with Crippen LogP contribution in [0.1, 0.15) is 19.8 Å². The minimum absolute atomic E-state index is 0.239. The molecule has 4 heteroatoms. The van der Waals surface area contributed by atoms with E-state index in [0.29, 0.717) is 19.8 Å². The fourth-order valence-electron chi connectivity index (χ4n) is 0.943. The van der Waals surface area contributed by atoms with Gasteiger partial charge in [-0.25, -0.2) is 0 Å². The molecule has 0 spiro atoms. The maximum Gasteiger partial charge on any atom is 0.0897 e. The third-order valence-electron chi connectivity index (χ3n) is 1.66. The monoisotopic (exact) mass is 191 g/mol. The van der Waals surface area contributed by atoms with Gasteiger partial charge in [-0.3, -0.25) is 0 Å². The number of aliphatic hydroxyl groups is 2. The van der Waals surface area contributed by atoms with E-state index in [1.807, 2.05) is 6.92 Å². The molecule has 0 bridgehead atoms. The van der Waals surface area contributed by atoms with Crippen molar-refractivity contribution in [1.82, 2.24) is 5.32 Å². The van der Waals surface area contributed by atoms with Crippen LogP contribution >= 0.6 is 0 Å². The molecule has 0 saturated carbocycles. The second kappa shape index (κ2) is 9.92. The van der Waals surface area contributed by atoms with Gasteiger partial charge in [0.05, 0.1) is 12.7 Å². The number of aliphatic hydroxyl groups excluding tert-OH is 2. The normalized spacial score (nSPS) is 13.2. The predicted molar refractivity (Wildman–Crippen MR) is 51.7 cm³/mol. The van der Waals surface area contributed by atoms with Crippen molar-refractivity contribution in [3.05, 3.63) is 0 Å². The average Bonchev–Trinajstić information content (AvgIpc) is 2.14. The lowest BCUT2D eigenvalue weighted by molar-refractivity contribution is 0.0429. The van der Waals surface area contributed by atoms with E-state index < -0.39 is 6.10 Å². The molecule has 3 N–H and O–H groups in total. The molecular formula is C9H21NO3. The van der Waals surface area contributed by atoms with E-state index in [1.165, 1.54) is 0 Å². The molecule has 0 radical (unpaired) electrons. The molecular weight excluding hydrogens is 170 g/mol. The molecule has 80 valence electrons. The largest absolute Gasteiger partial charge is 0.396 e. The number of rotatable bonds is 9. The highest BCUT2D eigenvalue weighted by atomic mass is 16.5. The van der Waals surface area contributed by atoms with Gasteiger partial charge in [-0.2, -0.15) is 0 Å². The van der Waals surface area contributed by atoms with Gasteiger partial charge in [0.25, 0.3) is 0 Å². The summed E-state index contributed by atoms with van der Waals surface area (Å²) >= 11 is 0. The Hall–Kier alpha value is -0.160. The van der Waals surface area contributed by atoms with E-state index in [-0.39, 0.29) is 6.61 Å². The predicted octanol–water partition coefficient (Wildman–Crippen LogP) is -0.254. The first-order chi connectivity index (χ1) is 6.31. The Balaban J connectivity index is 3.03. The average molecular weight is 191 g/mol. The first kappa shape index (κ1) is 12.8. The van der Waals surface area contributed by atoms with Crippen molar-refractivity contribution in [2.24, 2.45) is 0 Å². The van der Waals surface area contributed by atoms with E-state index in [1.54, 1.807) is 0 Å². The summed E-state index contributed by atoms with van der Waals surface area (Å²) in [7, 11) is 0. The Morgan fingerprint density at radius 3 is 2.77 bits per heavy atom. The van der Waals surface area contributed by atoms with E-state index in [4.69, 9.17) is 9.84 Å². The summed E-state index contributed by atoms with van der Waals surface area (Å²) < 4.78 is 5.04. The number of hydrogen-bond donors (Lipinski definition) is 3. The van der Waals surface area contributed by atoms with Crippen molar-refractivity contribution >= 4 is 0 Å². The molecule has 0 rings (SSSR count). The Kier molecular flexibility index (Phi) is 9.80. The van der Waals surface area contributed by atoms with Gasteiger partial charge in [0.15, 0.2) is 0 Å². The van der Waals surface area contributed by atoms with Crippen molar-refractivity contribution in [1.29, 1.82) is 0 Å². The number of unbranched alkanes of at least 4 members (excludes halogenated alkanes) is 1. The van der Waals surface area contributed by atoms with Crippen LogP contribution in [0.4, 0.5) is 0 Å². The first-order valence-electron chi connectivity index (χ1n) is 4.88. The Labute approximate surface area is 79.9 Å². The number of ether oxygens (including phenoxy) is 1. The van der Waals surface area contributed by atoms with Gasteiger partial charge < -0.3 is 20.3 Å². The zero-order chi connectivity index (χ0) is 9.94. The first-order valence-corrected chi connectivity index (χ1v) is 4.88. The molecule has 0 aromatic carbocycles. The summed E-state index contributed by atoms with van der Waals surface area (Å²) in [5.74, 6) is 0. The molecule has 1 unspecified atom stereocenters. The molecule has 0 aromatic rings. The van der Waals surface area contributed by atoms with Gasteiger partial charge >= 0.3 is 0 Å². The lowest BCUT2D eigenvalue weighted by Crippen LogP contribution is -2.31. The summed E-state index contributed by atoms with van der Waals surface area (Å²) in [6, 6.07) is 0. The van der Waals surface area contributed by atoms with Crippen molar-refractivity contribution in [3.63, 3.8) is 0 Å². The Morgan fingerprint density at radius 1 is 1.38 bits per heavy atom. The summed E-state index contributed by atoms with van der Waals surface area (Å²) in [5, 5.41) is 20.9. The van der Waals surface area contributed by atoms with Crippen molar-refractivity contribution in [3.8, 4) is 0 Å². The molecule has 0 saturated heterocycles. The maximum atomic E-state index is 9.30. The SMILES string of the molecule is CCOCC(O)CNCCCCO. The van der Waals surface area contributed by atoms with E-state index >= 15 is 0 Å². The van der Waals surface area contributed by atoms with E-state index in [2.05, 4.69) is 5.32 Å². The molecule has 0 heterocycles. The molecule has 1 atom stereocenters. The molecule has 0 amide bonds. The lowest BCUT2D eigenvalue weighted by Gasteiger charge is -2.11. The quantitative estimate of drug-likeness (QED) is 0.440. The van der Waals surface area contributed by atoms with E-state index in [9.17, 15) is 5.11 Å². The Morgan fingerprint density at radius 2 is 2.15 bits per heavy atom. The highest BCUT2D eigenvalue weighted by Gasteiger charge is 2.01. The van der Waals surface area contributed by atoms with Crippen LogP contribution < -0.4 is 5.32 Å². The van der Waals surface area contributed by atoms with Crippen LogP contribution in [0.25, 0.3) is 0 Å². The fourth-order valence-corrected chi connectivity index (χ4v) is 0.943. The molecule has 0 aromatic heterocycles. The lowest BCUT2D eigenvalue weighted by atomic mass is 10.3. The highest BCUT2D eigenvalue weighted by Crippen LogP contribution is 1.86. The van der Waals surface area contributed by atoms with Gasteiger partial charge in [0, 0.05) is 19.8 Å². The molecule has 0 aliphatic carbocycles. The minimum atomic E-state index is -0.422. The maximum absolute atomic E-state index is 9.30. The smallest absolute Gasteiger partial charge is 0.0897 e. The van der Waals surface area contributed by atoms with Crippen LogP contribution in [0, 0.1) is 0 Å². The summed E-state index contributed by atoms with van der Waals surface area (Å²) in [4.78, 5) is 0. The second-order valence-corrected chi connectivity index (χ2v) is 2.95. The van der Waals surface area contributed by atoms with Crippen molar-refractivity contribution < 1.29 is 14.9 Å². The molecule has 13 heavy (non-hydrogen) atoms. The van der Waals surface area contributed by atoms with E-state index in [0.717, 1.165) is 19.4 Å². The zero-order valence-corrected chi connectivity index (χ0v) is 8.33. The van der Waals surface area contributed by atoms with Crippen LogP contribution in [0.2, 0.25) is 0 Å². The van der Waals surface area contributed by atoms with Gasteiger partial charge in [-0.05, 0) is 26.3 Å². The van der Waals surface area contributed by atoms with Crippen LogP contribution in [0.15, 0.2) is 0 Å². The molecule has 0 aliphatic rings. The third-order valence-corrected chi connectivity index (χ3v) is 1.66. The van der Waals surface area contributed by atoms with Gasteiger partial charge in [0.1, 0.15) is 0 Å². The fraction of sp³-hybridized carbons (Fsp3) is 1.00. The molecule has 4 nitrogen and oxygen atoms in total. The van der Waals surface area contributed by atoms with Crippen molar-refractivity contribution in [2.45, 2.75) is 25.9 Å². The summed E-state index contributed by atoms with van der Waals surface area (Å²) in [6.45, 7) is 4.57. The van der Waals surface area contributed by atoms with Gasteiger partial charge in [-0.1, -0.05) is 0 Å².